The number of hydrogen-bond acceptors (Lipinski definition) is 5. The third kappa shape index (κ3) is 3.66. The van der Waals surface area contributed by atoms with Gasteiger partial charge in [-0.15, -0.1) is 0 Å². The van der Waals surface area contributed by atoms with Crippen molar-refractivity contribution in [2.45, 2.75) is 24.3 Å². The molecule has 2 atom stereocenters. The minimum Gasteiger partial charge on any atom is -0.485 e. The van der Waals surface area contributed by atoms with Crippen LogP contribution in [0.15, 0.2) is 22.7 Å². The minimum atomic E-state index is -1.47. The lowest BCUT2D eigenvalue weighted by atomic mass is 10.1. The van der Waals surface area contributed by atoms with Gasteiger partial charge >= 0.3 is 0 Å². The summed E-state index contributed by atoms with van der Waals surface area (Å²) in [5.41, 5.74) is 0.369. The van der Waals surface area contributed by atoms with Crippen LogP contribution in [0.25, 0.3) is 0 Å². The van der Waals surface area contributed by atoms with Crippen LogP contribution < -0.4 is 4.74 Å². The van der Waals surface area contributed by atoms with Gasteiger partial charge in [-0.2, -0.15) is 0 Å². The molecule has 0 amide bonds. The number of rotatable bonds is 6. The van der Waals surface area contributed by atoms with E-state index in [-0.39, 0.29) is 6.61 Å². The molecule has 0 saturated heterocycles. The maximum absolute atomic E-state index is 11.0. The largest absolute Gasteiger partial charge is 0.485 e. The number of nitrogens with zero attached hydrogens (tertiary/aromatic N) is 2. The van der Waals surface area contributed by atoms with E-state index in [1.165, 1.54) is 13.8 Å². The van der Waals surface area contributed by atoms with Gasteiger partial charge in [0.1, 0.15) is 5.75 Å². The third-order valence-electron chi connectivity index (χ3n) is 2.64. The first-order valence-electron chi connectivity index (χ1n) is 5.56. The third-order valence-corrected chi connectivity index (χ3v) is 4.17. The fraction of sp³-hybridized carbons (Fsp3) is 0.455. The average Bonchev–Trinajstić information content (AvgIpc) is 2.36. The van der Waals surface area contributed by atoms with Crippen molar-refractivity contribution in [3.8, 4) is 5.75 Å². The van der Waals surface area contributed by atoms with Gasteiger partial charge in [-0.25, -0.2) is 0 Å². The molecule has 0 aliphatic heterocycles. The van der Waals surface area contributed by atoms with Crippen molar-refractivity contribution in [3.05, 3.63) is 48.5 Å². The van der Waals surface area contributed by atoms with E-state index < -0.39 is 20.3 Å². The summed E-state index contributed by atoms with van der Waals surface area (Å²) in [7, 11) is 0. The van der Waals surface area contributed by atoms with E-state index in [1.807, 2.05) is 0 Å². The number of alkyl halides is 1. The van der Waals surface area contributed by atoms with E-state index >= 15 is 0 Å². The first-order valence-corrected chi connectivity index (χ1v) is 7.15. The molecule has 0 aliphatic rings. The van der Waals surface area contributed by atoms with Crippen LogP contribution in [0.3, 0.4) is 0 Å². The normalized spacial score (nSPS) is 15.2. The van der Waals surface area contributed by atoms with Crippen molar-refractivity contribution >= 4 is 31.9 Å². The number of nitro groups is 2. The Hall–Kier alpha value is -1.22. The zero-order valence-electron chi connectivity index (χ0n) is 10.7. The number of ether oxygens (including phenoxy) is 1. The molecule has 0 saturated carbocycles. The standard InChI is InChI=1S/C11H12Br2N2O5/c1-7(14(16)17)6-20-9-5-3-4-8(10(9)12)11(2,13)15(18)19/h3-5,7H,6H2,1-2H3. The second-order valence-electron chi connectivity index (χ2n) is 4.27. The Morgan fingerprint density at radius 3 is 2.50 bits per heavy atom. The highest BCUT2D eigenvalue weighted by Gasteiger charge is 2.38. The van der Waals surface area contributed by atoms with Gasteiger partial charge in [-0.05, 0) is 28.1 Å². The van der Waals surface area contributed by atoms with Gasteiger partial charge in [0.25, 0.3) is 4.45 Å². The summed E-state index contributed by atoms with van der Waals surface area (Å²) in [5.74, 6) is 0.323. The first-order chi connectivity index (χ1) is 9.17. The summed E-state index contributed by atoms with van der Waals surface area (Å²) in [6.07, 6.45) is 0. The van der Waals surface area contributed by atoms with Gasteiger partial charge < -0.3 is 4.74 Å². The lowest BCUT2D eigenvalue weighted by Crippen LogP contribution is -2.26. The molecule has 0 fully saturated rings. The lowest BCUT2D eigenvalue weighted by Gasteiger charge is -2.17. The number of benzene rings is 1. The zero-order valence-corrected chi connectivity index (χ0v) is 13.9. The molecule has 1 aromatic carbocycles. The number of hydrogen-bond donors (Lipinski definition) is 0. The Labute approximate surface area is 131 Å². The summed E-state index contributed by atoms with van der Waals surface area (Å²) < 4.78 is 4.27. The molecule has 110 valence electrons. The molecule has 2 unspecified atom stereocenters. The van der Waals surface area contributed by atoms with E-state index in [2.05, 4.69) is 31.9 Å². The molecule has 1 rings (SSSR count). The fourth-order valence-electron chi connectivity index (χ4n) is 1.34. The van der Waals surface area contributed by atoms with Crippen LogP contribution >= 0.6 is 31.9 Å². The monoisotopic (exact) mass is 410 g/mol. The average molecular weight is 412 g/mol. The molecule has 1 aromatic rings. The molecule has 0 aliphatic carbocycles. The molecule has 20 heavy (non-hydrogen) atoms. The molecular weight excluding hydrogens is 400 g/mol. The molecule has 9 heteroatoms. The van der Waals surface area contributed by atoms with Crippen molar-refractivity contribution in [1.82, 2.24) is 0 Å². The summed E-state index contributed by atoms with van der Waals surface area (Å²) >= 11 is 6.29. The Morgan fingerprint density at radius 1 is 1.40 bits per heavy atom. The summed E-state index contributed by atoms with van der Waals surface area (Å²) in [4.78, 5) is 20.7. The lowest BCUT2D eigenvalue weighted by molar-refractivity contribution is -0.538. The Morgan fingerprint density at radius 2 is 2.00 bits per heavy atom. The second kappa shape index (κ2) is 6.49. The maximum Gasteiger partial charge on any atom is 0.298 e. The van der Waals surface area contributed by atoms with Crippen molar-refractivity contribution in [2.75, 3.05) is 6.61 Å². The van der Waals surface area contributed by atoms with Gasteiger partial charge in [0.2, 0.25) is 6.04 Å². The van der Waals surface area contributed by atoms with E-state index in [0.29, 0.717) is 15.8 Å². The van der Waals surface area contributed by atoms with E-state index in [4.69, 9.17) is 4.74 Å². The zero-order chi connectivity index (χ0) is 15.5. The van der Waals surface area contributed by atoms with Crippen LogP contribution in [0, 0.1) is 20.2 Å². The molecule has 0 spiro atoms. The summed E-state index contributed by atoms with van der Waals surface area (Å²) in [6.45, 7) is 2.70. The molecule has 0 radical (unpaired) electrons. The van der Waals surface area contributed by atoms with Crippen LogP contribution in [0.1, 0.15) is 19.4 Å². The predicted molar refractivity (Wildman–Crippen MR) is 79.4 cm³/mol. The fourth-order valence-corrected chi connectivity index (χ4v) is 2.71. The van der Waals surface area contributed by atoms with Crippen LogP contribution in [-0.2, 0) is 4.45 Å². The quantitative estimate of drug-likeness (QED) is 0.309. The van der Waals surface area contributed by atoms with Gasteiger partial charge in [0.15, 0.2) is 6.61 Å². The van der Waals surface area contributed by atoms with E-state index in [0.717, 1.165) is 0 Å². The summed E-state index contributed by atoms with van der Waals surface area (Å²) in [5, 5.41) is 21.6. The van der Waals surface area contributed by atoms with Crippen molar-refractivity contribution in [1.29, 1.82) is 0 Å². The molecule has 0 aromatic heterocycles. The van der Waals surface area contributed by atoms with Crippen molar-refractivity contribution in [3.63, 3.8) is 0 Å². The minimum absolute atomic E-state index is 0.119. The van der Waals surface area contributed by atoms with Crippen LogP contribution in [-0.4, -0.2) is 22.5 Å². The Bertz CT molecular complexity index is 536. The molecule has 0 heterocycles. The van der Waals surface area contributed by atoms with Crippen molar-refractivity contribution in [2.24, 2.45) is 0 Å². The molecular formula is C11H12Br2N2O5. The predicted octanol–water partition coefficient (Wildman–Crippen LogP) is 3.34. The highest BCUT2D eigenvalue weighted by atomic mass is 79.9. The van der Waals surface area contributed by atoms with Gasteiger partial charge in [0, 0.05) is 39.6 Å². The maximum atomic E-state index is 11.0. The first kappa shape index (κ1) is 16.8. The summed E-state index contributed by atoms with van der Waals surface area (Å²) in [6, 6.07) is 3.89. The van der Waals surface area contributed by atoms with Gasteiger partial charge in [-0.1, -0.05) is 6.07 Å². The number of halogens is 2. The van der Waals surface area contributed by atoms with Gasteiger partial charge in [-0.3, -0.25) is 20.2 Å². The Kier molecular flexibility index (Phi) is 5.46. The van der Waals surface area contributed by atoms with Crippen LogP contribution in [0.5, 0.6) is 5.75 Å². The van der Waals surface area contributed by atoms with E-state index in [1.54, 1.807) is 18.2 Å². The van der Waals surface area contributed by atoms with Gasteiger partial charge in [0.05, 0.1) is 10.0 Å². The van der Waals surface area contributed by atoms with Crippen LogP contribution in [0.2, 0.25) is 0 Å². The highest BCUT2D eigenvalue weighted by molar-refractivity contribution is 9.11. The molecule has 7 nitrogen and oxygen atoms in total. The molecule has 0 bridgehead atoms. The van der Waals surface area contributed by atoms with Crippen LogP contribution in [0.4, 0.5) is 0 Å². The topological polar surface area (TPSA) is 95.5 Å². The molecule has 0 N–H and O–H groups in total. The second-order valence-corrected chi connectivity index (χ2v) is 6.61. The Balaban J connectivity index is 3.02. The SMILES string of the molecule is CC(COc1cccc(C(C)(Br)[N+](=O)[O-])c1Br)[N+](=O)[O-]. The van der Waals surface area contributed by atoms with Crippen molar-refractivity contribution < 1.29 is 14.6 Å². The smallest absolute Gasteiger partial charge is 0.298 e. The van der Waals surface area contributed by atoms with E-state index in [9.17, 15) is 20.2 Å². The highest BCUT2D eigenvalue weighted by Crippen LogP contribution is 2.40.